The highest BCUT2D eigenvalue weighted by Gasteiger charge is 2.10. The maximum Gasteiger partial charge on any atom is 0.266 e. The third-order valence-electron chi connectivity index (χ3n) is 4.60. The standard InChI is InChI=1S/C19H25N3O/c1-2-16-6-8-17(9-7-16)18-10-11-19(23)22(20-18)15-14-21-12-4-3-5-13-21/h6-11H,2-5,12-15H2,1H3. The molecule has 0 N–H and O–H groups in total. The molecule has 0 bridgehead atoms. The Balaban J connectivity index is 1.73. The molecule has 1 fully saturated rings. The summed E-state index contributed by atoms with van der Waals surface area (Å²) in [4.78, 5) is 14.5. The highest BCUT2D eigenvalue weighted by molar-refractivity contribution is 5.58. The summed E-state index contributed by atoms with van der Waals surface area (Å²) in [5.41, 5.74) is 3.22. The molecule has 0 amide bonds. The Morgan fingerprint density at radius 3 is 2.39 bits per heavy atom. The van der Waals surface area contributed by atoms with Crippen LogP contribution < -0.4 is 5.56 Å². The summed E-state index contributed by atoms with van der Waals surface area (Å²) in [6, 6.07) is 11.9. The molecule has 4 heteroatoms. The highest BCUT2D eigenvalue weighted by Crippen LogP contribution is 2.16. The number of benzene rings is 1. The first-order valence-corrected chi connectivity index (χ1v) is 8.66. The first-order chi connectivity index (χ1) is 11.3. The van der Waals surface area contributed by atoms with Gasteiger partial charge in [0, 0.05) is 18.2 Å². The van der Waals surface area contributed by atoms with Crippen LogP contribution in [0.25, 0.3) is 11.3 Å². The quantitative estimate of drug-likeness (QED) is 0.852. The number of hydrogen-bond donors (Lipinski definition) is 0. The minimum Gasteiger partial charge on any atom is -0.301 e. The van der Waals surface area contributed by atoms with Crippen LogP contribution in [-0.4, -0.2) is 34.3 Å². The summed E-state index contributed by atoms with van der Waals surface area (Å²) in [5, 5.41) is 4.56. The van der Waals surface area contributed by atoms with Gasteiger partial charge in [0.2, 0.25) is 0 Å². The molecule has 4 nitrogen and oxygen atoms in total. The number of nitrogens with zero attached hydrogens (tertiary/aromatic N) is 3. The lowest BCUT2D eigenvalue weighted by molar-refractivity contribution is 0.216. The number of piperidine rings is 1. The largest absolute Gasteiger partial charge is 0.301 e. The number of hydrogen-bond acceptors (Lipinski definition) is 3. The molecule has 23 heavy (non-hydrogen) atoms. The van der Waals surface area contributed by atoms with E-state index in [4.69, 9.17) is 0 Å². The van der Waals surface area contributed by atoms with E-state index in [2.05, 4.69) is 41.2 Å². The molecule has 1 aliphatic rings. The minimum absolute atomic E-state index is 0.0177. The van der Waals surface area contributed by atoms with Crippen molar-refractivity contribution in [2.45, 2.75) is 39.2 Å². The van der Waals surface area contributed by atoms with Crippen molar-refractivity contribution in [3.63, 3.8) is 0 Å². The van der Waals surface area contributed by atoms with Crippen LogP contribution in [0.1, 0.15) is 31.7 Å². The SMILES string of the molecule is CCc1ccc(-c2ccc(=O)n(CCN3CCCCC3)n2)cc1. The van der Waals surface area contributed by atoms with E-state index in [1.165, 1.54) is 24.8 Å². The van der Waals surface area contributed by atoms with Gasteiger partial charge < -0.3 is 4.90 Å². The van der Waals surface area contributed by atoms with Crippen LogP contribution in [-0.2, 0) is 13.0 Å². The van der Waals surface area contributed by atoms with Crippen LogP contribution in [0.3, 0.4) is 0 Å². The zero-order chi connectivity index (χ0) is 16.1. The molecule has 0 unspecified atom stereocenters. The molecule has 1 aliphatic heterocycles. The van der Waals surface area contributed by atoms with Gasteiger partial charge in [-0.2, -0.15) is 5.10 Å². The first kappa shape index (κ1) is 15.9. The molecular weight excluding hydrogens is 286 g/mol. The number of rotatable bonds is 5. The Labute approximate surface area is 137 Å². The Morgan fingerprint density at radius 2 is 1.70 bits per heavy atom. The Morgan fingerprint density at radius 1 is 0.957 bits per heavy atom. The third kappa shape index (κ3) is 4.08. The van der Waals surface area contributed by atoms with E-state index in [-0.39, 0.29) is 5.56 Å². The van der Waals surface area contributed by atoms with Gasteiger partial charge in [-0.05, 0) is 44.0 Å². The number of aromatic nitrogens is 2. The summed E-state index contributed by atoms with van der Waals surface area (Å²) in [6.45, 7) is 6.01. The molecule has 0 saturated carbocycles. The van der Waals surface area contributed by atoms with Crippen LogP contribution in [0.4, 0.5) is 0 Å². The van der Waals surface area contributed by atoms with Gasteiger partial charge in [0.25, 0.3) is 5.56 Å². The van der Waals surface area contributed by atoms with E-state index in [0.29, 0.717) is 6.54 Å². The lowest BCUT2D eigenvalue weighted by atomic mass is 10.1. The predicted octanol–water partition coefficient (Wildman–Crippen LogP) is 2.96. The lowest BCUT2D eigenvalue weighted by Crippen LogP contribution is -2.35. The predicted molar refractivity (Wildman–Crippen MR) is 93.6 cm³/mol. The van der Waals surface area contributed by atoms with Crippen LogP contribution in [0.15, 0.2) is 41.2 Å². The maximum atomic E-state index is 12.1. The fourth-order valence-corrected chi connectivity index (χ4v) is 3.09. The van der Waals surface area contributed by atoms with Gasteiger partial charge in [-0.3, -0.25) is 4.79 Å². The Kier molecular flexibility index (Phi) is 5.23. The van der Waals surface area contributed by atoms with Crippen molar-refractivity contribution >= 4 is 0 Å². The normalized spacial score (nSPS) is 15.7. The highest BCUT2D eigenvalue weighted by atomic mass is 16.1. The van der Waals surface area contributed by atoms with E-state index in [1.54, 1.807) is 10.7 Å². The average molecular weight is 311 g/mol. The van der Waals surface area contributed by atoms with Gasteiger partial charge in [0.1, 0.15) is 0 Å². The summed E-state index contributed by atoms with van der Waals surface area (Å²) in [7, 11) is 0. The van der Waals surface area contributed by atoms with Crippen molar-refractivity contribution in [2.24, 2.45) is 0 Å². The first-order valence-electron chi connectivity index (χ1n) is 8.66. The van der Waals surface area contributed by atoms with Crippen molar-refractivity contribution in [3.05, 3.63) is 52.3 Å². The molecule has 3 rings (SSSR count). The van der Waals surface area contributed by atoms with Crippen molar-refractivity contribution < 1.29 is 0 Å². The summed E-state index contributed by atoms with van der Waals surface area (Å²) >= 11 is 0. The topological polar surface area (TPSA) is 38.1 Å². The zero-order valence-corrected chi connectivity index (χ0v) is 13.9. The second kappa shape index (κ2) is 7.55. The smallest absolute Gasteiger partial charge is 0.266 e. The second-order valence-corrected chi connectivity index (χ2v) is 6.23. The minimum atomic E-state index is -0.0177. The van der Waals surface area contributed by atoms with Gasteiger partial charge in [-0.15, -0.1) is 0 Å². The fourth-order valence-electron chi connectivity index (χ4n) is 3.09. The molecule has 1 saturated heterocycles. The van der Waals surface area contributed by atoms with E-state index < -0.39 is 0 Å². The Hall–Kier alpha value is -1.94. The van der Waals surface area contributed by atoms with E-state index >= 15 is 0 Å². The summed E-state index contributed by atoms with van der Waals surface area (Å²) in [5.74, 6) is 0. The molecule has 2 aromatic rings. The molecule has 0 radical (unpaired) electrons. The zero-order valence-electron chi connectivity index (χ0n) is 13.9. The van der Waals surface area contributed by atoms with E-state index in [1.807, 2.05) is 6.07 Å². The summed E-state index contributed by atoms with van der Waals surface area (Å²) in [6.07, 6.45) is 4.90. The van der Waals surface area contributed by atoms with Crippen molar-refractivity contribution in [1.29, 1.82) is 0 Å². The Bertz CT molecular complexity index is 685. The maximum absolute atomic E-state index is 12.1. The number of likely N-dealkylation sites (tertiary alicyclic amines) is 1. The van der Waals surface area contributed by atoms with Crippen LogP contribution in [0, 0.1) is 0 Å². The molecule has 122 valence electrons. The number of aryl methyl sites for hydroxylation is 1. The van der Waals surface area contributed by atoms with Gasteiger partial charge in [-0.1, -0.05) is 37.6 Å². The van der Waals surface area contributed by atoms with Crippen molar-refractivity contribution in [3.8, 4) is 11.3 Å². The molecule has 0 aliphatic carbocycles. The second-order valence-electron chi connectivity index (χ2n) is 6.23. The molecule has 1 aromatic carbocycles. The molecule has 2 heterocycles. The molecule has 0 atom stereocenters. The van der Waals surface area contributed by atoms with Crippen molar-refractivity contribution in [1.82, 2.24) is 14.7 Å². The van der Waals surface area contributed by atoms with Crippen LogP contribution >= 0.6 is 0 Å². The lowest BCUT2D eigenvalue weighted by Gasteiger charge is -2.26. The fraction of sp³-hybridized carbons (Fsp3) is 0.474. The van der Waals surface area contributed by atoms with Gasteiger partial charge >= 0.3 is 0 Å². The van der Waals surface area contributed by atoms with E-state index in [9.17, 15) is 4.79 Å². The van der Waals surface area contributed by atoms with Crippen LogP contribution in [0.5, 0.6) is 0 Å². The van der Waals surface area contributed by atoms with Crippen LogP contribution in [0.2, 0.25) is 0 Å². The third-order valence-corrected chi connectivity index (χ3v) is 4.60. The summed E-state index contributed by atoms with van der Waals surface area (Å²) < 4.78 is 1.61. The van der Waals surface area contributed by atoms with Gasteiger partial charge in [-0.25, -0.2) is 4.68 Å². The van der Waals surface area contributed by atoms with E-state index in [0.717, 1.165) is 37.3 Å². The monoisotopic (exact) mass is 311 g/mol. The molecule has 1 aromatic heterocycles. The van der Waals surface area contributed by atoms with Gasteiger partial charge in [0.05, 0.1) is 12.2 Å². The van der Waals surface area contributed by atoms with Gasteiger partial charge in [0.15, 0.2) is 0 Å². The average Bonchev–Trinajstić information content (AvgIpc) is 2.62. The molecular formula is C19H25N3O. The van der Waals surface area contributed by atoms with Crippen molar-refractivity contribution in [2.75, 3.05) is 19.6 Å². The molecule has 0 spiro atoms.